The van der Waals surface area contributed by atoms with E-state index < -0.39 is 0 Å². The van der Waals surface area contributed by atoms with Crippen molar-refractivity contribution in [3.8, 4) is 0 Å². The van der Waals surface area contributed by atoms with Crippen molar-refractivity contribution < 1.29 is 4.42 Å². The van der Waals surface area contributed by atoms with E-state index in [1.165, 1.54) is 50.9 Å². The Hall–Kier alpha value is -0.840. The summed E-state index contributed by atoms with van der Waals surface area (Å²) < 4.78 is 5.73. The van der Waals surface area contributed by atoms with Crippen molar-refractivity contribution in [1.82, 2.24) is 15.1 Å². The van der Waals surface area contributed by atoms with Gasteiger partial charge in [-0.25, -0.2) is 0 Å². The molecule has 0 spiro atoms. The van der Waals surface area contributed by atoms with Crippen LogP contribution in [0.4, 0.5) is 0 Å². The fraction of sp³-hybridized carbons (Fsp3) is 0.765. The van der Waals surface area contributed by atoms with Crippen molar-refractivity contribution in [3.63, 3.8) is 0 Å². The number of hydrogen-bond acceptors (Lipinski definition) is 4. The molecule has 2 heterocycles. The quantitative estimate of drug-likeness (QED) is 0.836. The van der Waals surface area contributed by atoms with Gasteiger partial charge in [-0.2, -0.15) is 0 Å². The van der Waals surface area contributed by atoms with Crippen LogP contribution in [0.2, 0.25) is 0 Å². The fourth-order valence-electron chi connectivity index (χ4n) is 3.20. The van der Waals surface area contributed by atoms with E-state index in [9.17, 15) is 0 Å². The highest BCUT2D eigenvalue weighted by Gasteiger charge is 2.23. The van der Waals surface area contributed by atoms with Gasteiger partial charge in [-0.15, -0.1) is 0 Å². The molecule has 1 aliphatic carbocycles. The number of furan rings is 1. The van der Waals surface area contributed by atoms with Gasteiger partial charge < -0.3 is 14.6 Å². The van der Waals surface area contributed by atoms with Crippen LogP contribution in [0.25, 0.3) is 0 Å². The van der Waals surface area contributed by atoms with Gasteiger partial charge in [0, 0.05) is 24.2 Å². The predicted molar refractivity (Wildman–Crippen MR) is 85.2 cm³/mol. The molecule has 1 saturated carbocycles. The lowest BCUT2D eigenvalue weighted by atomic mass is 10.0. The van der Waals surface area contributed by atoms with Crippen LogP contribution in [0.5, 0.6) is 0 Å². The van der Waals surface area contributed by atoms with Gasteiger partial charge in [0.2, 0.25) is 0 Å². The minimum atomic E-state index is 0.700. The summed E-state index contributed by atoms with van der Waals surface area (Å²) in [6.07, 6.45) is 7.15. The molecule has 4 heteroatoms. The van der Waals surface area contributed by atoms with Gasteiger partial charge in [0.05, 0.1) is 12.8 Å². The number of hydrogen-bond donors (Lipinski definition) is 1. The van der Waals surface area contributed by atoms with Crippen LogP contribution in [-0.2, 0) is 13.1 Å². The van der Waals surface area contributed by atoms with Crippen LogP contribution in [-0.4, -0.2) is 48.6 Å². The van der Waals surface area contributed by atoms with Crippen LogP contribution >= 0.6 is 0 Å². The second-order valence-corrected chi connectivity index (χ2v) is 6.66. The maximum absolute atomic E-state index is 5.73. The monoisotopic (exact) mass is 291 g/mol. The van der Waals surface area contributed by atoms with Crippen LogP contribution in [0.15, 0.2) is 16.7 Å². The molecule has 0 unspecified atom stereocenters. The largest absolute Gasteiger partial charge is 0.468 e. The molecule has 21 heavy (non-hydrogen) atoms. The Bertz CT molecular complexity index is 433. The Morgan fingerprint density at radius 3 is 2.71 bits per heavy atom. The number of rotatable bonds is 7. The molecule has 1 saturated heterocycles. The van der Waals surface area contributed by atoms with E-state index in [1.807, 2.05) is 6.26 Å². The van der Waals surface area contributed by atoms with Gasteiger partial charge in [-0.05, 0) is 58.4 Å². The first-order valence-electron chi connectivity index (χ1n) is 8.47. The maximum Gasteiger partial charge on any atom is 0.118 e. The molecule has 1 aromatic heterocycles. The van der Waals surface area contributed by atoms with E-state index in [0.717, 1.165) is 24.9 Å². The Labute approximate surface area is 128 Å². The van der Waals surface area contributed by atoms with E-state index >= 15 is 0 Å². The summed E-state index contributed by atoms with van der Waals surface area (Å²) in [6, 6.07) is 3.67. The lowest BCUT2D eigenvalue weighted by Crippen LogP contribution is -2.42. The third kappa shape index (κ3) is 4.31. The molecule has 0 amide bonds. The molecule has 2 fully saturated rings. The van der Waals surface area contributed by atoms with Crippen LogP contribution in [0, 0.1) is 0 Å². The molecule has 0 aromatic carbocycles. The second-order valence-electron chi connectivity index (χ2n) is 6.66. The van der Waals surface area contributed by atoms with Gasteiger partial charge in [-0.3, -0.25) is 4.90 Å². The normalized spacial score (nSPS) is 21.3. The number of likely N-dealkylation sites (tertiary alicyclic amines) is 1. The Morgan fingerprint density at radius 1 is 1.29 bits per heavy atom. The third-order valence-corrected chi connectivity index (χ3v) is 4.91. The summed E-state index contributed by atoms with van der Waals surface area (Å²) in [5, 5.41) is 3.54. The van der Waals surface area contributed by atoms with Crippen molar-refractivity contribution in [1.29, 1.82) is 0 Å². The maximum atomic E-state index is 5.73. The van der Waals surface area contributed by atoms with Crippen molar-refractivity contribution in [2.24, 2.45) is 0 Å². The molecule has 0 atom stereocenters. The van der Waals surface area contributed by atoms with Gasteiger partial charge in [0.15, 0.2) is 0 Å². The lowest BCUT2D eigenvalue weighted by Gasteiger charge is -2.35. The molecule has 2 aliphatic rings. The summed E-state index contributed by atoms with van der Waals surface area (Å²) in [6.45, 7) is 7.80. The van der Waals surface area contributed by atoms with Gasteiger partial charge in [0.1, 0.15) is 5.76 Å². The first-order chi connectivity index (χ1) is 10.2. The number of piperidine rings is 1. The molecule has 1 aliphatic heterocycles. The molecular weight excluding hydrogens is 262 g/mol. The average molecular weight is 291 g/mol. The van der Waals surface area contributed by atoms with Crippen molar-refractivity contribution in [2.75, 3.05) is 26.7 Å². The molecule has 0 radical (unpaired) electrons. The van der Waals surface area contributed by atoms with E-state index in [4.69, 9.17) is 4.42 Å². The fourth-order valence-corrected chi connectivity index (χ4v) is 3.20. The molecular formula is C17H29N3O. The molecule has 4 nitrogen and oxygen atoms in total. The summed E-state index contributed by atoms with van der Waals surface area (Å²) in [5.74, 6) is 1.10. The van der Waals surface area contributed by atoms with Crippen molar-refractivity contribution in [3.05, 3.63) is 23.7 Å². The first-order valence-corrected chi connectivity index (χ1v) is 8.47. The number of nitrogens with one attached hydrogen (secondary N) is 1. The minimum absolute atomic E-state index is 0.700. The number of nitrogens with zero attached hydrogens (tertiary/aromatic N) is 2. The molecule has 3 rings (SSSR count). The molecule has 1 N–H and O–H groups in total. The SMILES string of the molecule is CCN1CCC(N(C)Cc2cc(CNC3CC3)co2)CC1. The lowest BCUT2D eigenvalue weighted by molar-refractivity contribution is 0.121. The summed E-state index contributed by atoms with van der Waals surface area (Å²) in [4.78, 5) is 5.00. The highest BCUT2D eigenvalue weighted by Crippen LogP contribution is 2.21. The highest BCUT2D eigenvalue weighted by atomic mass is 16.3. The summed E-state index contributed by atoms with van der Waals surface area (Å²) in [7, 11) is 2.23. The zero-order chi connectivity index (χ0) is 14.7. The molecule has 0 bridgehead atoms. The highest BCUT2D eigenvalue weighted by molar-refractivity contribution is 5.13. The van der Waals surface area contributed by atoms with Gasteiger partial charge in [-0.1, -0.05) is 6.92 Å². The summed E-state index contributed by atoms with van der Waals surface area (Å²) >= 11 is 0. The van der Waals surface area contributed by atoms with E-state index in [-0.39, 0.29) is 0 Å². The van der Waals surface area contributed by atoms with Crippen LogP contribution in [0.1, 0.15) is 43.9 Å². The van der Waals surface area contributed by atoms with E-state index in [0.29, 0.717) is 6.04 Å². The second kappa shape index (κ2) is 6.95. The van der Waals surface area contributed by atoms with Crippen LogP contribution in [0.3, 0.4) is 0 Å². The minimum Gasteiger partial charge on any atom is -0.468 e. The van der Waals surface area contributed by atoms with Crippen molar-refractivity contribution in [2.45, 2.75) is 57.8 Å². The summed E-state index contributed by atoms with van der Waals surface area (Å²) in [5.41, 5.74) is 1.28. The van der Waals surface area contributed by atoms with Gasteiger partial charge in [0.25, 0.3) is 0 Å². The van der Waals surface area contributed by atoms with Crippen molar-refractivity contribution >= 4 is 0 Å². The predicted octanol–water partition coefficient (Wildman–Crippen LogP) is 2.45. The third-order valence-electron chi connectivity index (χ3n) is 4.91. The van der Waals surface area contributed by atoms with E-state index in [2.05, 4.69) is 35.2 Å². The molecule has 118 valence electrons. The van der Waals surface area contributed by atoms with Gasteiger partial charge >= 0.3 is 0 Å². The average Bonchev–Trinajstić information content (AvgIpc) is 3.25. The Kier molecular flexibility index (Phi) is 4.99. The Balaban J connectivity index is 1.44. The van der Waals surface area contributed by atoms with Crippen LogP contribution < -0.4 is 5.32 Å². The topological polar surface area (TPSA) is 31.6 Å². The smallest absolute Gasteiger partial charge is 0.118 e. The first kappa shape index (κ1) is 15.1. The standard InChI is InChI=1S/C17H29N3O/c1-3-20-8-6-16(7-9-20)19(2)12-17-10-14(13-21-17)11-18-15-4-5-15/h10,13,15-16,18H,3-9,11-12H2,1-2H3. The van der Waals surface area contributed by atoms with E-state index in [1.54, 1.807) is 0 Å². The Morgan fingerprint density at radius 2 is 2.05 bits per heavy atom. The molecule has 1 aromatic rings. The zero-order valence-corrected chi connectivity index (χ0v) is 13.5. The zero-order valence-electron chi connectivity index (χ0n) is 13.5.